The molecule has 1 saturated carbocycles. The first-order valence-corrected chi connectivity index (χ1v) is 4.96. The lowest BCUT2D eigenvalue weighted by Crippen LogP contribution is -2.16. The average Bonchev–Trinajstić information content (AvgIpc) is 2.52. The number of hydrogen-bond acceptors (Lipinski definition) is 3. The summed E-state index contributed by atoms with van der Waals surface area (Å²) in [6.45, 7) is 0. The second-order valence-corrected chi connectivity index (χ2v) is 4.10. The van der Waals surface area contributed by atoms with Crippen LogP contribution in [0.5, 0.6) is 0 Å². The van der Waals surface area contributed by atoms with E-state index in [2.05, 4.69) is 5.16 Å². The molecule has 0 aliphatic heterocycles. The number of nitrogens with two attached hydrogens (primary N) is 1. The van der Waals surface area contributed by atoms with Gasteiger partial charge in [-0.3, -0.25) is 0 Å². The number of oxime groups is 1. The maximum absolute atomic E-state index is 8.26. The summed E-state index contributed by atoms with van der Waals surface area (Å²) in [5.74, 6) is 1.00. The Balaban J connectivity index is 2.11. The summed E-state index contributed by atoms with van der Waals surface area (Å²) in [7, 11) is 0. The molecule has 64 valence electrons. The van der Waals surface area contributed by atoms with E-state index >= 15 is 0 Å². The van der Waals surface area contributed by atoms with Crippen molar-refractivity contribution in [1.82, 2.24) is 0 Å². The van der Waals surface area contributed by atoms with Crippen LogP contribution in [-0.2, 0) is 0 Å². The van der Waals surface area contributed by atoms with E-state index in [9.17, 15) is 0 Å². The number of nitrogens with zero attached hydrogens (tertiary/aromatic N) is 1. The Hall–Kier alpha value is -0.380. The lowest BCUT2D eigenvalue weighted by Gasteiger charge is -2.06. The van der Waals surface area contributed by atoms with Gasteiger partial charge in [-0.2, -0.15) is 11.8 Å². The van der Waals surface area contributed by atoms with Crippen LogP contribution >= 0.6 is 11.8 Å². The molecule has 3 N–H and O–H groups in total. The van der Waals surface area contributed by atoms with E-state index in [1.54, 1.807) is 11.8 Å². The van der Waals surface area contributed by atoms with Gasteiger partial charge in [0.15, 0.2) is 0 Å². The molecular weight excluding hydrogens is 160 g/mol. The monoisotopic (exact) mass is 174 g/mol. The van der Waals surface area contributed by atoms with Crippen LogP contribution in [0.3, 0.4) is 0 Å². The van der Waals surface area contributed by atoms with Gasteiger partial charge < -0.3 is 10.9 Å². The van der Waals surface area contributed by atoms with E-state index in [1.165, 1.54) is 25.7 Å². The normalized spacial score (nSPS) is 20.9. The lowest BCUT2D eigenvalue weighted by molar-refractivity contribution is 0.318. The van der Waals surface area contributed by atoms with Gasteiger partial charge in [-0.15, -0.1) is 0 Å². The van der Waals surface area contributed by atoms with Crippen molar-refractivity contribution in [3.8, 4) is 0 Å². The third-order valence-electron chi connectivity index (χ3n) is 1.90. The predicted molar refractivity (Wildman–Crippen MR) is 48.1 cm³/mol. The van der Waals surface area contributed by atoms with E-state index in [-0.39, 0.29) is 0 Å². The van der Waals surface area contributed by atoms with Gasteiger partial charge in [-0.25, -0.2) is 0 Å². The molecule has 3 nitrogen and oxygen atoms in total. The summed E-state index contributed by atoms with van der Waals surface area (Å²) in [5.41, 5.74) is 5.33. The molecule has 0 unspecified atom stereocenters. The van der Waals surface area contributed by atoms with Crippen LogP contribution in [0.25, 0.3) is 0 Å². The SMILES string of the molecule is NC(CSC1CCCC1)=NO. The van der Waals surface area contributed by atoms with E-state index in [1.807, 2.05) is 0 Å². The zero-order valence-electron chi connectivity index (χ0n) is 6.49. The zero-order valence-corrected chi connectivity index (χ0v) is 7.31. The minimum Gasteiger partial charge on any atom is -0.409 e. The quantitative estimate of drug-likeness (QED) is 0.294. The highest BCUT2D eigenvalue weighted by atomic mass is 32.2. The largest absolute Gasteiger partial charge is 0.409 e. The van der Waals surface area contributed by atoms with Crippen molar-refractivity contribution in [3.05, 3.63) is 0 Å². The van der Waals surface area contributed by atoms with Crippen molar-refractivity contribution in [1.29, 1.82) is 0 Å². The van der Waals surface area contributed by atoms with E-state index in [0.717, 1.165) is 5.25 Å². The minimum atomic E-state index is 0.335. The van der Waals surface area contributed by atoms with Gasteiger partial charge in [0.2, 0.25) is 0 Å². The Labute approximate surface area is 71.0 Å². The van der Waals surface area contributed by atoms with Crippen molar-refractivity contribution in [2.75, 3.05) is 5.75 Å². The summed E-state index contributed by atoms with van der Waals surface area (Å²) in [6.07, 6.45) is 5.27. The number of rotatable bonds is 3. The first-order chi connectivity index (χ1) is 5.33. The molecule has 0 heterocycles. The molecular formula is C7H14N2OS. The van der Waals surface area contributed by atoms with Crippen LogP contribution < -0.4 is 5.73 Å². The molecule has 0 aromatic rings. The third-order valence-corrected chi connectivity index (χ3v) is 3.30. The molecule has 0 saturated heterocycles. The van der Waals surface area contributed by atoms with Gasteiger partial charge >= 0.3 is 0 Å². The summed E-state index contributed by atoms with van der Waals surface area (Å²) in [4.78, 5) is 0. The molecule has 0 aromatic carbocycles. The van der Waals surface area contributed by atoms with Crippen LogP contribution in [0.2, 0.25) is 0 Å². The lowest BCUT2D eigenvalue weighted by atomic mass is 10.4. The summed E-state index contributed by atoms with van der Waals surface area (Å²) < 4.78 is 0. The maximum atomic E-state index is 8.26. The molecule has 1 aliphatic carbocycles. The molecule has 11 heavy (non-hydrogen) atoms. The smallest absolute Gasteiger partial charge is 0.149 e. The third kappa shape index (κ3) is 3.01. The van der Waals surface area contributed by atoms with Gasteiger partial charge in [0, 0.05) is 5.25 Å². The topological polar surface area (TPSA) is 58.6 Å². The second-order valence-electron chi connectivity index (χ2n) is 2.81. The van der Waals surface area contributed by atoms with E-state index in [0.29, 0.717) is 11.6 Å². The fourth-order valence-electron chi connectivity index (χ4n) is 1.29. The number of amidine groups is 1. The fourth-order valence-corrected chi connectivity index (χ4v) is 2.42. The van der Waals surface area contributed by atoms with Gasteiger partial charge in [-0.05, 0) is 12.8 Å². The molecule has 0 bridgehead atoms. The Morgan fingerprint density at radius 2 is 2.18 bits per heavy atom. The van der Waals surface area contributed by atoms with Crippen LogP contribution in [0.4, 0.5) is 0 Å². The predicted octanol–water partition coefficient (Wildman–Crippen LogP) is 1.41. The highest BCUT2D eigenvalue weighted by Gasteiger charge is 2.15. The van der Waals surface area contributed by atoms with Crippen LogP contribution in [-0.4, -0.2) is 22.0 Å². The Morgan fingerprint density at radius 3 is 2.73 bits per heavy atom. The molecule has 0 radical (unpaired) electrons. The Kier molecular flexibility index (Phi) is 3.56. The van der Waals surface area contributed by atoms with Crippen molar-refractivity contribution < 1.29 is 5.21 Å². The highest BCUT2D eigenvalue weighted by Crippen LogP contribution is 2.28. The summed E-state index contributed by atoms with van der Waals surface area (Å²) in [6, 6.07) is 0. The summed E-state index contributed by atoms with van der Waals surface area (Å²) >= 11 is 1.80. The second kappa shape index (κ2) is 4.49. The van der Waals surface area contributed by atoms with E-state index < -0.39 is 0 Å². The van der Waals surface area contributed by atoms with Gasteiger partial charge in [0.1, 0.15) is 5.84 Å². The van der Waals surface area contributed by atoms with Crippen molar-refractivity contribution in [2.24, 2.45) is 10.9 Å². The standard InChI is InChI=1S/C7H14N2OS/c8-7(9-10)5-11-6-3-1-2-4-6/h6,10H,1-5H2,(H2,8,9). The van der Waals surface area contributed by atoms with Crippen molar-refractivity contribution in [2.45, 2.75) is 30.9 Å². The van der Waals surface area contributed by atoms with Crippen molar-refractivity contribution >= 4 is 17.6 Å². The molecule has 1 aliphatic rings. The van der Waals surface area contributed by atoms with Gasteiger partial charge in [-0.1, -0.05) is 18.0 Å². The fraction of sp³-hybridized carbons (Fsp3) is 0.857. The molecule has 0 atom stereocenters. The van der Waals surface area contributed by atoms with Crippen molar-refractivity contribution in [3.63, 3.8) is 0 Å². The molecule has 1 rings (SSSR count). The van der Waals surface area contributed by atoms with Gasteiger partial charge in [0.05, 0.1) is 5.75 Å². The first-order valence-electron chi connectivity index (χ1n) is 3.91. The molecule has 0 amide bonds. The van der Waals surface area contributed by atoms with E-state index in [4.69, 9.17) is 10.9 Å². The Morgan fingerprint density at radius 1 is 1.55 bits per heavy atom. The first kappa shape index (κ1) is 8.71. The number of hydrogen-bond donors (Lipinski definition) is 2. The maximum Gasteiger partial charge on any atom is 0.149 e. The molecule has 0 spiro atoms. The summed E-state index contributed by atoms with van der Waals surface area (Å²) in [5, 5.41) is 11.9. The minimum absolute atomic E-state index is 0.335. The molecule has 0 aromatic heterocycles. The average molecular weight is 174 g/mol. The van der Waals surface area contributed by atoms with Crippen LogP contribution in [0.1, 0.15) is 25.7 Å². The molecule has 1 fully saturated rings. The number of thioether (sulfide) groups is 1. The molecule has 4 heteroatoms. The van der Waals surface area contributed by atoms with Crippen LogP contribution in [0.15, 0.2) is 5.16 Å². The highest BCUT2D eigenvalue weighted by molar-refractivity contribution is 8.00. The van der Waals surface area contributed by atoms with Gasteiger partial charge in [0.25, 0.3) is 0 Å². The van der Waals surface area contributed by atoms with Crippen LogP contribution in [0, 0.1) is 0 Å². The zero-order chi connectivity index (χ0) is 8.10. The Bertz CT molecular complexity index is 143.